The second kappa shape index (κ2) is 21.3. The Labute approximate surface area is 219 Å². The fraction of sp³-hybridized carbons (Fsp3) is 0.885. The van der Waals surface area contributed by atoms with E-state index in [-0.39, 0.29) is 18.7 Å². The maximum atomic E-state index is 12.7. The molecule has 214 valence electrons. The summed E-state index contributed by atoms with van der Waals surface area (Å²) in [7, 11) is 0.678. The predicted octanol–water partition coefficient (Wildman–Crippen LogP) is 5.02. The highest BCUT2D eigenvalue weighted by molar-refractivity contribution is 7.45. The molecule has 0 aromatic heterocycles. The number of aliphatic hydroxyl groups excluding tert-OH is 1. The van der Waals surface area contributed by atoms with E-state index in [2.05, 4.69) is 28.5 Å². The summed E-state index contributed by atoms with van der Waals surface area (Å²) in [6, 6.07) is 0. The largest absolute Gasteiger partial charge is 0.756 e. The van der Waals surface area contributed by atoms with Crippen LogP contribution in [0.3, 0.4) is 0 Å². The average molecular weight is 538 g/mol. The topological polar surface area (TPSA) is 125 Å². The Morgan fingerprint density at radius 2 is 1.47 bits per heavy atom. The van der Waals surface area contributed by atoms with Crippen LogP contribution in [0.25, 0.3) is 0 Å². The number of likely N-dealkylation sites (N-methyl/N-ethyl adjacent to an activating group) is 1. The summed E-state index contributed by atoms with van der Waals surface area (Å²) in [5.41, 5.74) is 0. The van der Waals surface area contributed by atoms with Crippen molar-refractivity contribution < 1.29 is 43.0 Å². The molecule has 3 atom stereocenters. The Kier molecular flexibility index (Phi) is 20.9. The van der Waals surface area contributed by atoms with E-state index in [1.165, 1.54) is 44.9 Å². The van der Waals surface area contributed by atoms with Gasteiger partial charge in [0, 0.05) is 6.42 Å². The van der Waals surface area contributed by atoms with Gasteiger partial charge in [-0.25, -0.2) is 4.89 Å². The molecule has 0 saturated heterocycles. The molecule has 9 nitrogen and oxygen atoms in total. The number of aliphatic hydroxyl groups is 1. The molecule has 0 aromatic rings. The summed E-state index contributed by atoms with van der Waals surface area (Å²) in [5, 5.41) is 17.5. The summed E-state index contributed by atoms with van der Waals surface area (Å²) in [6.45, 7) is 1.15. The molecule has 0 radical (unpaired) electrons. The van der Waals surface area contributed by atoms with Crippen LogP contribution in [-0.4, -0.2) is 73.7 Å². The van der Waals surface area contributed by atoms with E-state index in [1.807, 2.05) is 21.1 Å². The first-order chi connectivity index (χ1) is 17.0. The number of ketones is 1. The lowest BCUT2D eigenvalue weighted by molar-refractivity contribution is -0.872. The van der Waals surface area contributed by atoms with E-state index >= 15 is 0 Å². The molecular weight excluding hydrogens is 485 g/mol. The fourth-order valence-corrected chi connectivity index (χ4v) is 4.61. The van der Waals surface area contributed by atoms with E-state index in [1.54, 1.807) is 0 Å². The van der Waals surface area contributed by atoms with Gasteiger partial charge in [0.25, 0.3) is 7.82 Å². The van der Waals surface area contributed by atoms with Gasteiger partial charge in [0.05, 0.1) is 34.4 Å². The average Bonchev–Trinajstić information content (AvgIpc) is 2.80. The standard InChI is InChI=1S/C26H52NO8P/c1-5-6-7-8-9-10-11-12-13-14-15-16-17-18-19-20-25(29)26(21-27(2,3)4)35-36(31,32)33-23-24(22-28)34-30/h12-13,24,26,28H,5-11,14-23H2,1-4H3,(H-,30,31,32)/b13-12-/t24-,26?/m1/s1. The molecule has 0 aromatic carbocycles. The number of allylic oxidation sites excluding steroid dienone is 2. The Hall–Kier alpha value is -0.640. The molecule has 0 amide bonds. The molecular formula is C26H52NO8P. The van der Waals surface area contributed by atoms with Gasteiger partial charge in [-0.05, 0) is 32.1 Å². The summed E-state index contributed by atoms with van der Waals surface area (Å²) < 4.78 is 22.3. The third-order valence-corrected chi connectivity index (χ3v) is 6.76. The zero-order valence-corrected chi connectivity index (χ0v) is 24.0. The number of rotatable bonds is 25. The number of carbonyl (C=O) groups excluding carboxylic acids is 1. The molecule has 0 fully saturated rings. The number of carbonyl (C=O) groups is 1. The molecule has 0 aliphatic heterocycles. The summed E-state index contributed by atoms with van der Waals surface area (Å²) in [6.07, 6.45) is 17.5. The SMILES string of the molecule is CCCCCCCC/C=C\CCCCCCCC(=O)C(C[N+](C)(C)C)OP(=O)([O-])OC[C@@H](CO)OO. The van der Waals surface area contributed by atoms with Crippen LogP contribution >= 0.6 is 7.82 Å². The molecule has 0 spiro atoms. The third kappa shape index (κ3) is 21.4. The van der Waals surface area contributed by atoms with Crippen molar-refractivity contribution in [2.45, 2.75) is 109 Å². The van der Waals surface area contributed by atoms with Gasteiger partial charge in [0.15, 0.2) is 11.9 Å². The van der Waals surface area contributed by atoms with Crippen LogP contribution in [0.4, 0.5) is 0 Å². The van der Waals surface area contributed by atoms with Crippen LogP contribution in [0.1, 0.15) is 96.8 Å². The smallest absolute Gasteiger partial charge is 0.268 e. The zero-order chi connectivity index (χ0) is 27.3. The number of phosphoric ester groups is 1. The molecule has 2 unspecified atom stereocenters. The van der Waals surface area contributed by atoms with Crippen LogP contribution in [0.2, 0.25) is 0 Å². The van der Waals surface area contributed by atoms with E-state index in [4.69, 9.17) is 14.9 Å². The second-order valence-electron chi connectivity index (χ2n) is 10.5. The minimum Gasteiger partial charge on any atom is -0.756 e. The van der Waals surface area contributed by atoms with Gasteiger partial charge in [0.1, 0.15) is 12.6 Å². The highest BCUT2D eigenvalue weighted by Gasteiger charge is 2.30. The normalized spacial score (nSPS) is 15.8. The predicted molar refractivity (Wildman–Crippen MR) is 140 cm³/mol. The Bertz CT molecular complexity index is 620. The minimum absolute atomic E-state index is 0.166. The molecule has 2 N–H and O–H groups in total. The minimum atomic E-state index is -4.83. The molecule has 0 aliphatic carbocycles. The maximum absolute atomic E-state index is 12.7. The molecule has 0 bridgehead atoms. The first kappa shape index (κ1) is 35.4. The molecule has 10 heteroatoms. The maximum Gasteiger partial charge on any atom is 0.268 e. The third-order valence-electron chi connectivity index (χ3n) is 5.79. The van der Waals surface area contributed by atoms with Crippen molar-refractivity contribution in [2.75, 3.05) is 40.9 Å². The van der Waals surface area contributed by atoms with Crippen LogP contribution in [-0.2, 0) is 23.3 Å². The lowest BCUT2D eigenvalue weighted by Gasteiger charge is -2.32. The molecule has 36 heavy (non-hydrogen) atoms. The fourth-order valence-electron chi connectivity index (χ4n) is 3.70. The van der Waals surface area contributed by atoms with Crippen molar-refractivity contribution in [3.05, 3.63) is 12.2 Å². The van der Waals surface area contributed by atoms with Crippen molar-refractivity contribution in [1.82, 2.24) is 0 Å². The van der Waals surface area contributed by atoms with Crippen molar-refractivity contribution in [3.63, 3.8) is 0 Å². The van der Waals surface area contributed by atoms with Crippen LogP contribution in [0.15, 0.2) is 12.2 Å². The second-order valence-corrected chi connectivity index (χ2v) is 11.9. The van der Waals surface area contributed by atoms with E-state index in [0.717, 1.165) is 32.1 Å². The monoisotopic (exact) mass is 537 g/mol. The van der Waals surface area contributed by atoms with Crippen LogP contribution in [0.5, 0.6) is 0 Å². The van der Waals surface area contributed by atoms with Gasteiger partial charge < -0.3 is 23.5 Å². The number of quaternary nitrogens is 1. The van der Waals surface area contributed by atoms with Crippen molar-refractivity contribution in [1.29, 1.82) is 0 Å². The van der Waals surface area contributed by atoms with Crippen LogP contribution < -0.4 is 4.89 Å². The molecule has 0 saturated carbocycles. The van der Waals surface area contributed by atoms with Crippen molar-refractivity contribution >= 4 is 13.6 Å². The van der Waals surface area contributed by atoms with Gasteiger partial charge in [-0.2, -0.15) is 0 Å². The number of phosphoric acid groups is 1. The Morgan fingerprint density at radius 3 is 1.97 bits per heavy atom. The summed E-state index contributed by atoms with van der Waals surface area (Å²) >= 11 is 0. The zero-order valence-electron chi connectivity index (χ0n) is 23.1. The lowest BCUT2D eigenvalue weighted by Crippen LogP contribution is -2.45. The van der Waals surface area contributed by atoms with Gasteiger partial charge >= 0.3 is 0 Å². The molecule has 0 heterocycles. The van der Waals surface area contributed by atoms with Gasteiger partial charge in [-0.3, -0.25) is 14.6 Å². The summed E-state index contributed by atoms with van der Waals surface area (Å²) in [4.78, 5) is 28.8. The van der Waals surface area contributed by atoms with Crippen molar-refractivity contribution in [3.8, 4) is 0 Å². The van der Waals surface area contributed by atoms with E-state index in [0.29, 0.717) is 10.9 Å². The highest BCUT2D eigenvalue weighted by Crippen LogP contribution is 2.40. The number of hydrogen-bond donors (Lipinski definition) is 2. The van der Waals surface area contributed by atoms with Crippen LogP contribution in [0, 0.1) is 0 Å². The first-order valence-corrected chi connectivity index (χ1v) is 15.0. The lowest BCUT2D eigenvalue weighted by atomic mass is 10.0. The number of nitrogens with zero attached hydrogens (tertiary/aromatic N) is 1. The molecule has 0 rings (SSSR count). The Balaban J connectivity index is 4.20. The number of Topliss-reactive ketones (excluding diaryl/α,β-unsaturated/α-hetero) is 1. The number of unbranched alkanes of at least 4 members (excludes halogenated alkanes) is 11. The van der Waals surface area contributed by atoms with E-state index in [9.17, 15) is 14.3 Å². The van der Waals surface area contributed by atoms with E-state index < -0.39 is 33.2 Å². The first-order valence-electron chi connectivity index (χ1n) is 13.6. The van der Waals surface area contributed by atoms with Gasteiger partial charge in [-0.1, -0.05) is 70.4 Å². The number of hydrogen-bond acceptors (Lipinski definition) is 8. The molecule has 0 aliphatic rings. The van der Waals surface area contributed by atoms with Crippen molar-refractivity contribution in [2.24, 2.45) is 0 Å². The Morgan fingerprint density at radius 1 is 0.944 bits per heavy atom. The highest BCUT2D eigenvalue weighted by atomic mass is 31.2. The summed E-state index contributed by atoms with van der Waals surface area (Å²) in [5.74, 6) is -0.280. The van der Waals surface area contributed by atoms with Gasteiger partial charge in [-0.15, -0.1) is 0 Å². The van der Waals surface area contributed by atoms with Gasteiger partial charge in [0.2, 0.25) is 0 Å². The quantitative estimate of drug-likeness (QED) is 0.0415.